The molecule has 0 saturated carbocycles. The average molecular weight is 535 g/mol. The Bertz CT molecular complexity index is 1190. The maximum absolute atomic E-state index is 13.4. The number of aliphatic hydroxyl groups is 1. The second-order valence-electron chi connectivity index (χ2n) is 10.5. The molecule has 1 saturated heterocycles. The minimum atomic E-state index is -0.667. The Morgan fingerprint density at radius 2 is 1.79 bits per heavy atom. The molecular formula is C32H42N2O5. The molecule has 0 radical (unpaired) electrons. The number of benzene rings is 2. The van der Waals surface area contributed by atoms with Crippen LogP contribution in [-0.4, -0.2) is 65.5 Å². The molecule has 7 nitrogen and oxygen atoms in total. The third-order valence-electron chi connectivity index (χ3n) is 7.69. The molecule has 2 aliphatic heterocycles. The molecule has 0 aliphatic carbocycles. The Morgan fingerprint density at radius 3 is 2.49 bits per heavy atom. The second kappa shape index (κ2) is 13.2. The lowest BCUT2D eigenvalue weighted by molar-refractivity contribution is -0.140. The number of nitrogens with zero attached hydrogens (tertiary/aromatic N) is 2. The first-order chi connectivity index (χ1) is 18.9. The molecule has 2 aromatic carbocycles. The summed E-state index contributed by atoms with van der Waals surface area (Å²) in [5, 5.41) is 11.5. The van der Waals surface area contributed by atoms with Crippen molar-refractivity contribution in [1.29, 1.82) is 0 Å². The molecule has 0 spiro atoms. The number of aliphatic hydroxyl groups excluding tert-OH is 1. The zero-order valence-electron chi connectivity index (χ0n) is 23.7. The SMILES string of the molecule is CCCCCOc1ccc([C@@H]2C(=C(O)c3ccc4c(c3)C[C@H](C)O4)C(=O)C(=O)N2CCCN(CC)CC)cc1. The maximum Gasteiger partial charge on any atom is 0.295 e. The first-order valence-corrected chi connectivity index (χ1v) is 14.4. The van der Waals surface area contributed by atoms with Crippen LogP contribution in [0.5, 0.6) is 11.5 Å². The predicted octanol–water partition coefficient (Wildman–Crippen LogP) is 5.73. The monoisotopic (exact) mass is 534 g/mol. The molecule has 39 heavy (non-hydrogen) atoms. The quantitative estimate of drug-likeness (QED) is 0.153. The third-order valence-corrected chi connectivity index (χ3v) is 7.69. The smallest absolute Gasteiger partial charge is 0.295 e. The molecule has 1 fully saturated rings. The summed E-state index contributed by atoms with van der Waals surface area (Å²) in [6.07, 6.45) is 4.78. The fourth-order valence-corrected chi connectivity index (χ4v) is 5.47. The van der Waals surface area contributed by atoms with Gasteiger partial charge in [0, 0.05) is 18.5 Å². The Morgan fingerprint density at radius 1 is 1.05 bits per heavy atom. The number of ketones is 1. The van der Waals surface area contributed by atoms with Gasteiger partial charge in [0.1, 0.15) is 23.4 Å². The van der Waals surface area contributed by atoms with Gasteiger partial charge in [-0.15, -0.1) is 0 Å². The summed E-state index contributed by atoms with van der Waals surface area (Å²) >= 11 is 0. The van der Waals surface area contributed by atoms with Crippen LogP contribution in [0.4, 0.5) is 0 Å². The standard InChI is InChI=1S/C32H42N2O5/c1-5-8-9-19-38-26-14-11-23(12-15-26)29-28(30(35)24-13-16-27-25(21-24)20-22(4)39-27)31(36)32(37)34(29)18-10-17-33(6-2)7-3/h11-16,21-22,29,35H,5-10,17-20H2,1-4H3/t22-,29+/m0/s1. The van der Waals surface area contributed by atoms with Crippen LogP contribution in [0.15, 0.2) is 48.0 Å². The fourth-order valence-electron chi connectivity index (χ4n) is 5.47. The van der Waals surface area contributed by atoms with E-state index < -0.39 is 17.7 Å². The summed E-state index contributed by atoms with van der Waals surface area (Å²) in [5.41, 5.74) is 2.42. The van der Waals surface area contributed by atoms with Crippen molar-refractivity contribution in [3.8, 4) is 11.5 Å². The highest BCUT2D eigenvalue weighted by molar-refractivity contribution is 6.46. The van der Waals surface area contributed by atoms with E-state index in [-0.39, 0.29) is 17.4 Å². The lowest BCUT2D eigenvalue weighted by Crippen LogP contribution is -2.33. The van der Waals surface area contributed by atoms with Gasteiger partial charge in [0.25, 0.3) is 11.7 Å². The predicted molar refractivity (Wildman–Crippen MR) is 153 cm³/mol. The molecule has 1 N–H and O–H groups in total. The highest BCUT2D eigenvalue weighted by Crippen LogP contribution is 2.41. The Hall–Kier alpha value is -3.32. The van der Waals surface area contributed by atoms with Crippen molar-refractivity contribution in [3.05, 3.63) is 64.7 Å². The van der Waals surface area contributed by atoms with Crippen molar-refractivity contribution in [3.63, 3.8) is 0 Å². The van der Waals surface area contributed by atoms with E-state index >= 15 is 0 Å². The minimum Gasteiger partial charge on any atom is -0.507 e. The number of fused-ring (bicyclic) bond motifs is 1. The number of unbranched alkanes of at least 4 members (excludes halogenated alkanes) is 2. The molecular weight excluding hydrogens is 492 g/mol. The van der Waals surface area contributed by atoms with Crippen molar-refractivity contribution >= 4 is 17.4 Å². The van der Waals surface area contributed by atoms with Crippen molar-refractivity contribution in [1.82, 2.24) is 9.80 Å². The third kappa shape index (κ3) is 6.47. The Kier molecular flexibility index (Phi) is 9.68. The van der Waals surface area contributed by atoms with E-state index in [9.17, 15) is 14.7 Å². The van der Waals surface area contributed by atoms with E-state index in [2.05, 4.69) is 25.7 Å². The number of likely N-dealkylation sites (tertiary alicyclic amines) is 1. The van der Waals surface area contributed by atoms with E-state index in [1.807, 2.05) is 43.3 Å². The van der Waals surface area contributed by atoms with E-state index in [0.29, 0.717) is 18.7 Å². The first-order valence-electron chi connectivity index (χ1n) is 14.4. The lowest BCUT2D eigenvalue weighted by Gasteiger charge is -2.27. The fraction of sp³-hybridized carbons (Fsp3) is 0.500. The first kappa shape index (κ1) is 28.7. The highest BCUT2D eigenvalue weighted by Gasteiger charge is 2.46. The number of hydrogen-bond acceptors (Lipinski definition) is 6. The molecule has 0 bridgehead atoms. The van der Waals surface area contributed by atoms with Crippen molar-refractivity contribution < 1.29 is 24.2 Å². The largest absolute Gasteiger partial charge is 0.507 e. The van der Waals surface area contributed by atoms with Gasteiger partial charge in [-0.3, -0.25) is 9.59 Å². The van der Waals surface area contributed by atoms with E-state index in [0.717, 1.165) is 74.4 Å². The Balaban J connectivity index is 1.66. The van der Waals surface area contributed by atoms with Gasteiger partial charge in [0.05, 0.1) is 18.2 Å². The van der Waals surface area contributed by atoms with Crippen LogP contribution < -0.4 is 9.47 Å². The normalized spacial score (nSPS) is 20.0. The summed E-state index contributed by atoms with van der Waals surface area (Å²) in [4.78, 5) is 30.6. The van der Waals surface area contributed by atoms with Crippen molar-refractivity contribution in [2.45, 2.75) is 71.9 Å². The number of hydrogen-bond donors (Lipinski definition) is 1. The summed E-state index contributed by atoms with van der Waals surface area (Å²) < 4.78 is 11.7. The van der Waals surface area contributed by atoms with Gasteiger partial charge in [-0.1, -0.05) is 45.7 Å². The van der Waals surface area contributed by atoms with Gasteiger partial charge in [-0.05, 0) is 80.9 Å². The molecule has 0 unspecified atom stereocenters. The van der Waals surface area contributed by atoms with E-state index in [4.69, 9.17) is 9.47 Å². The molecule has 2 atom stereocenters. The summed E-state index contributed by atoms with van der Waals surface area (Å²) in [6, 6.07) is 12.3. The summed E-state index contributed by atoms with van der Waals surface area (Å²) in [6.45, 7) is 12.2. The zero-order valence-corrected chi connectivity index (χ0v) is 23.7. The number of carbonyl (C=O) groups excluding carboxylic acids is 2. The van der Waals surface area contributed by atoms with Crippen LogP contribution in [-0.2, 0) is 16.0 Å². The van der Waals surface area contributed by atoms with Crippen LogP contribution >= 0.6 is 0 Å². The molecule has 2 aromatic rings. The lowest BCUT2D eigenvalue weighted by atomic mass is 9.94. The average Bonchev–Trinajstić information content (AvgIpc) is 3.44. The van der Waals surface area contributed by atoms with Gasteiger partial charge in [-0.25, -0.2) is 0 Å². The number of carbonyl (C=O) groups is 2. The van der Waals surface area contributed by atoms with Crippen LogP contribution in [0.2, 0.25) is 0 Å². The van der Waals surface area contributed by atoms with Crippen LogP contribution in [0.1, 0.15) is 76.1 Å². The maximum atomic E-state index is 13.4. The van der Waals surface area contributed by atoms with Gasteiger partial charge in [0.15, 0.2) is 0 Å². The van der Waals surface area contributed by atoms with Gasteiger partial charge in [-0.2, -0.15) is 0 Å². The second-order valence-corrected chi connectivity index (χ2v) is 10.5. The number of ether oxygens (including phenoxy) is 2. The number of Topliss-reactive ketones (excluding diaryl/α,β-unsaturated/α-hetero) is 1. The zero-order chi connectivity index (χ0) is 27.9. The molecule has 210 valence electrons. The molecule has 4 rings (SSSR count). The van der Waals surface area contributed by atoms with Gasteiger partial charge < -0.3 is 24.4 Å². The van der Waals surface area contributed by atoms with Gasteiger partial charge >= 0.3 is 0 Å². The van der Waals surface area contributed by atoms with Crippen molar-refractivity contribution in [2.75, 3.05) is 32.8 Å². The summed E-state index contributed by atoms with van der Waals surface area (Å²) in [5.74, 6) is 0.180. The van der Waals surface area contributed by atoms with Crippen LogP contribution in [0.25, 0.3) is 5.76 Å². The molecule has 0 aromatic heterocycles. The van der Waals surface area contributed by atoms with Gasteiger partial charge in [0.2, 0.25) is 0 Å². The Labute approximate surface area is 232 Å². The van der Waals surface area contributed by atoms with E-state index in [1.54, 1.807) is 11.0 Å². The number of rotatable bonds is 13. The van der Waals surface area contributed by atoms with Crippen LogP contribution in [0.3, 0.4) is 0 Å². The molecule has 7 heteroatoms. The molecule has 2 heterocycles. The molecule has 1 amide bonds. The van der Waals surface area contributed by atoms with Crippen LogP contribution in [0, 0.1) is 0 Å². The highest BCUT2D eigenvalue weighted by atomic mass is 16.5. The number of amides is 1. The summed E-state index contributed by atoms with van der Waals surface area (Å²) in [7, 11) is 0. The minimum absolute atomic E-state index is 0.0662. The topological polar surface area (TPSA) is 79.3 Å². The van der Waals surface area contributed by atoms with E-state index in [1.165, 1.54) is 0 Å². The molecule has 2 aliphatic rings. The van der Waals surface area contributed by atoms with Crippen molar-refractivity contribution in [2.24, 2.45) is 0 Å².